The smallest absolute Gasteiger partial charge is 0.479 e. The van der Waals surface area contributed by atoms with E-state index in [0.717, 1.165) is 6.07 Å². The molecule has 1 fully saturated rings. The van der Waals surface area contributed by atoms with Crippen molar-refractivity contribution in [3.8, 4) is 5.75 Å². The largest absolute Gasteiger partial charge is 0.511 e. The summed E-state index contributed by atoms with van der Waals surface area (Å²) in [6.45, 7) is 0.381. The fourth-order valence-electron chi connectivity index (χ4n) is 4.38. The molecule has 208 valence electrons. The molecule has 1 aromatic carbocycles. The molecule has 2 aliphatic rings. The van der Waals surface area contributed by atoms with Crippen LogP contribution in [0.1, 0.15) is 46.2 Å². The molecule has 3 heterocycles. The standard InChI is InChI=1S/C25H24F2N2O10/c1-13-6-7-36-19-10-28-9-16(18(30)5-3-14-2-4-15(26)8-17(14)27)22(33)23(21(28)24(34)29(13)19)38-12-39-25(35)37-11-20(31)32/h2,4,8-9,13,19H,3,5-7,10-12H2,1H3,(H,31,32)/t13-,19+/m1/s1. The third-order valence-corrected chi connectivity index (χ3v) is 6.29. The average Bonchev–Trinajstić information content (AvgIpc) is 2.88. The van der Waals surface area contributed by atoms with Crippen molar-refractivity contribution in [3.05, 3.63) is 63.1 Å². The van der Waals surface area contributed by atoms with Crippen LogP contribution in [-0.4, -0.2) is 70.7 Å². The summed E-state index contributed by atoms with van der Waals surface area (Å²) in [6, 6.07) is 2.71. The van der Waals surface area contributed by atoms with Crippen LogP contribution in [0, 0.1) is 11.6 Å². The van der Waals surface area contributed by atoms with Gasteiger partial charge in [0, 0.05) is 24.7 Å². The van der Waals surface area contributed by atoms with Gasteiger partial charge in [0.25, 0.3) is 5.91 Å². The Labute approximate surface area is 219 Å². The normalized spacial score (nSPS) is 18.1. The van der Waals surface area contributed by atoms with Gasteiger partial charge in [-0.25, -0.2) is 18.4 Å². The molecule has 2 atom stereocenters. The van der Waals surface area contributed by atoms with Crippen LogP contribution in [0.4, 0.5) is 13.6 Å². The van der Waals surface area contributed by atoms with Gasteiger partial charge in [-0.2, -0.15) is 0 Å². The van der Waals surface area contributed by atoms with Crippen molar-refractivity contribution in [1.82, 2.24) is 9.47 Å². The number of ether oxygens (including phenoxy) is 4. The molecule has 1 N–H and O–H groups in total. The molecule has 39 heavy (non-hydrogen) atoms. The van der Waals surface area contributed by atoms with Gasteiger partial charge in [0.15, 0.2) is 24.3 Å². The average molecular weight is 550 g/mol. The predicted octanol–water partition coefficient (Wildman–Crippen LogP) is 2.11. The number of hydrogen-bond donors (Lipinski definition) is 1. The number of aromatic nitrogens is 1. The van der Waals surface area contributed by atoms with Gasteiger partial charge in [-0.15, -0.1) is 0 Å². The van der Waals surface area contributed by atoms with Crippen LogP contribution in [-0.2, 0) is 32.0 Å². The lowest BCUT2D eigenvalue weighted by molar-refractivity contribution is -0.141. The second-order valence-electron chi connectivity index (χ2n) is 8.88. The van der Waals surface area contributed by atoms with Gasteiger partial charge in [0.2, 0.25) is 18.0 Å². The van der Waals surface area contributed by atoms with Gasteiger partial charge < -0.3 is 33.5 Å². The SMILES string of the molecule is C[C@@H]1CCO[C@H]2Cn3cc(C(=O)CCc4ccc(F)cc4F)c(=O)c(OCOC(=O)OCC(=O)O)c3C(=O)N12. The van der Waals surface area contributed by atoms with Crippen molar-refractivity contribution in [3.63, 3.8) is 0 Å². The molecule has 0 saturated carbocycles. The fourth-order valence-corrected chi connectivity index (χ4v) is 4.38. The van der Waals surface area contributed by atoms with E-state index in [2.05, 4.69) is 9.47 Å². The zero-order chi connectivity index (χ0) is 28.3. The van der Waals surface area contributed by atoms with Gasteiger partial charge in [0.05, 0.1) is 18.7 Å². The Hall–Kier alpha value is -4.33. The summed E-state index contributed by atoms with van der Waals surface area (Å²) >= 11 is 0. The minimum absolute atomic E-state index is 0.0659. The molecule has 2 aliphatic heterocycles. The maximum Gasteiger partial charge on any atom is 0.511 e. The highest BCUT2D eigenvalue weighted by atomic mass is 19.1. The number of benzene rings is 1. The highest BCUT2D eigenvalue weighted by Crippen LogP contribution is 2.30. The maximum atomic E-state index is 14.0. The van der Waals surface area contributed by atoms with E-state index in [1.807, 2.05) is 6.92 Å². The van der Waals surface area contributed by atoms with Crippen LogP contribution < -0.4 is 10.2 Å². The first-order chi connectivity index (χ1) is 18.6. The number of carbonyl (C=O) groups is 4. The highest BCUT2D eigenvalue weighted by molar-refractivity contribution is 6.00. The highest BCUT2D eigenvalue weighted by Gasteiger charge is 2.41. The molecular weight excluding hydrogens is 526 g/mol. The van der Waals surface area contributed by atoms with Crippen LogP contribution in [0.3, 0.4) is 0 Å². The number of ketones is 1. The minimum atomic E-state index is -1.43. The summed E-state index contributed by atoms with van der Waals surface area (Å²) in [5.74, 6) is -4.91. The number of aliphatic carboxylic acids is 1. The molecular formula is C25H24F2N2O10. The molecule has 0 spiro atoms. The molecule has 4 rings (SSSR count). The van der Waals surface area contributed by atoms with Crippen LogP contribution in [0.15, 0.2) is 29.2 Å². The number of carbonyl (C=O) groups excluding carboxylic acids is 3. The first-order valence-corrected chi connectivity index (χ1v) is 11.9. The first-order valence-electron chi connectivity index (χ1n) is 11.9. The Morgan fingerprint density at radius 3 is 2.67 bits per heavy atom. The Morgan fingerprint density at radius 2 is 1.95 bits per heavy atom. The fraction of sp³-hybridized carbons (Fsp3) is 0.400. The molecule has 14 heteroatoms. The number of hydrogen-bond acceptors (Lipinski definition) is 9. The Balaban J connectivity index is 1.63. The summed E-state index contributed by atoms with van der Waals surface area (Å²) in [4.78, 5) is 63.4. The number of nitrogens with zero attached hydrogens (tertiary/aromatic N) is 2. The second-order valence-corrected chi connectivity index (χ2v) is 8.88. The quantitative estimate of drug-likeness (QED) is 0.279. The minimum Gasteiger partial charge on any atom is -0.479 e. The Morgan fingerprint density at radius 1 is 1.18 bits per heavy atom. The van der Waals surface area contributed by atoms with Gasteiger partial charge in [-0.05, 0) is 31.4 Å². The summed E-state index contributed by atoms with van der Waals surface area (Å²) in [6.07, 6.45) is -0.750. The van der Waals surface area contributed by atoms with E-state index in [9.17, 15) is 32.8 Å². The lowest BCUT2D eigenvalue weighted by Crippen LogP contribution is -2.57. The molecule has 12 nitrogen and oxygen atoms in total. The number of halogens is 2. The van der Waals surface area contributed by atoms with E-state index in [1.165, 1.54) is 21.7 Å². The van der Waals surface area contributed by atoms with E-state index < -0.39 is 66.3 Å². The van der Waals surface area contributed by atoms with Gasteiger partial charge in [-0.1, -0.05) is 6.07 Å². The van der Waals surface area contributed by atoms with E-state index in [1.54, 1.807) is 0 Å². The topological polar surface area (TPSA) is 151 Å². The molecule has 0 radical (unpaired) electrons. The van der Waals surface area contributed by atoms with Gasteiger partial charge >= 0.3 is 12.1 Å². The maximum absolute atomic E-state index is 14.0. The van der Waals surface area contributed by atoms with E-state index in [0.29, 0.717) is 19.1 Å². The number of fused-ring (bicyclic) bond motifs is 2. The molecule has 0 unspecified atom stereocenters. The van der Waals surface area contributed by atoms with Crippen LogP contribution >= 0.6 is 0 Å². The molecule has 0 bridgehead atoms. The van der Waals surface area contributed by atoms with Crippen molar-refractivity contribution in [2.75, 3.05) is 20.0 Å². The predicted molar refractivity (Wildman–Crippen MR) is 125 cm³/mol. The number of carboxylic acids is 1. The third-order valence-electron chi connectivity index (χ3n) is 6.29. The number of aryl methyl sites for hydroxylation is 1. The molecule has 1 amide bonds. The lowest BCUT2D eigenvalue weighted by Gasteiger charge is -2.44. The van der Waals surface area contributed by atoms with Gasteiger partial charge in [-0.3, -0.25) is 14.4 Å². The molecule has 2 aromatic rings. The third kappa shape index (κ3) is 6.06. The van der Waals surface area contributed by atoms with Gasteiger partial charge in [0.1, 0.15) is 11.6 Å². The summed E-state index contributed by atoms with van der Waals surface area (Å²) in [7, 11) is 0. The van der Waals surface area contributed by atoms with E-state index in [-0.39, 0.29) is 42.2 Å². The summed E-state index contributed by atoms with van der Waals surface area (Å²) in [5, 5.41) is 8.58. The summed E-state index contributed by atoms with van der Waals surface area (Å²) in [5.41, 5.74) is -1.46. The Kier molecular flexibility index (Phi) is 8.24. The van der Waals surface area contributed by atoms with Crippen molar-refractivity contribution >= 4 is 23.8 Å². The molecule has 1 aromatic heterocycles. The monoisotopic (exact) mass is 550 g/mol. The number of amides is 1. The van der Waals surface area contributed by atoms with Crippen molar-refractivity contribution in [1.29, 1.82) is 0 Å². The molecule has 1 saturated heterocycles. The Bertz CT molecular complexity index is 1380. The molecule has 0 aliphatic carbocycles. The van der Waals surface area contributed by atoms with Crippen LogP contribution in [0.25, 0.3) is 0 Å². The zero-order valence-electron chi connectivity index (χ0n) is 20.7. The number of pyridine rings is 1. The van der Waals surface area contributed by atoms with E-state index in [4.69, 9.17) is 14.6 Å². The second kappa shape index (κ2) is 11.6. The summed E-state index contributed by atoms with van der Waals surface area (Å²) < 4.78 is 48.6. The first kappa shape index (κ1) is 27.7. The van der Waals surface area contributed by atoms with Crippen molar-refractivity contribution < 1.29 is 52.0 Å². The van der Waals surface area contributed by atoms with E-state index >= 15 is 0 Å². The van der Waals surface area contributed by atoms with Crippen LogP contribution in [0.2, 0.25) is 0 Å². The lowest BCUT2D eigenvalue weighted by atomic mass is 10.0. The number of carboxylic acid groups (broad SMARTS) is 1. The van der Waals surface area contributed by atoms with Crippen molar-refractivity contribution in [2.24, 2.45) is 0 Å². The number of rotatable bonds is 9. The zero-order valence-corrected chi connectivity index (χ0v) is 20.7. The van der Waals surface area contributed by atoms with Crippen LogP contribution in [0.5, 0.6) is 5.75 Å². The van der Waals surface area contributed by atoms with Crippen molar-refractivity contribution in [2.45, 2.75) is 45.0 Å². The number of Topliss-reactive ketones (excluding diaryl/α,β-unsaturated/α-hetero) is 1.